The zero-order valence-corrected chi connectivity index (χ0v) is 10.0. The van der Waals surface area contributed by atoms with Gasteiger partial charge in [0.25, 0.3) is 0 Å². The topological polar surface area (TPSA) is 35.2 Å². The van der Waals surface area contributed by atoms with Gasteiger partial charge in [0, 0.05) is 6.04 Å². The van der Waals surface area contributed by atoms with E-state index < -0.39 is 0 Å². The number of benzene rings is 1. The van der Waals surface area contributed by atoms with E-state index in [4.69, 9.17) is 10.5 Å². The van der Waals surface area contributed by atoms with Gasteiger partial charge in [0.1, 0.15) is 5.75 Å². The van der Waals surface area contributed by atoms with Crippen molar-refractivity contribution in [3.8, 4) is 5.75 Å². The quantitative estimate of drug-likeness (QED) is 0.866. The summed E-state index contributed by atoms with van der Waals surface area (Å²) in [5, 5.41) is 0. The van der Waals surface area contributed by atoms with Crippen LogP contribution in [0.1, 0.15) is 12.5 Å². The smallest absolute Gasteiger partial charge is 0.132 e. The third-order valence-corrected chi connectivity index (χ3v) is 3.03. The Bertz CT molecular complexity index is 286. The minimum Gasteiger partial charge on any atom is -0.496 e. The van der Waals surface area contributed by atoms with Gasteiger partial charge in [-0.25, -0.2) is 0 Å². The van der Waals surface area contributed by atoms with Crippen LogP contribution in [0.5, 0.6) is 5.75 Å². The number of methoxy groups -OCH3 is 1. The summed E-state index contributed by atoms with van der Waals surface area (Å²) in [6.07, 6.45) is 0.898. The van der Waals surface area contributed by atoms with Crippen molar-refractivity contribution in [1.29, 1.82) is 0 Å². The van der Waals surface area contributed by atoms with E-state index in [0.29, 0.717) is 0 Å². The fourth-order valence-corrected chi connectivity index (χ4v) is 2.02. The maximum Gasteiger partial charge on any atom is 0.132 e. The largest absolute Gasteiger partial charge is 0.496 e. The van der Waals surface area contributed by atoms with Gasteiger partial charge < -0.3 is 10.5 Å². The molecule has 1 aromatic rings. The van der Waals surface area contributed by atoms with E-state index >= 15 is 0 Å². The highest BCUT2D eigenvalue weighted by molar-refractivity contribution is 14.1. The van der Waals surface area contributed by atoms with Gasteiger partial charge in [-0.3, -0.25) is 0 Å². The number of hydrogen-bond donors (Lipinski definition) is 1. The van der Waals surface area contributed by atoms with Crippen LogP contribution in [0.25, 0.3) is 0 Å². The summed E-state index contributed by atoms with van der Waals surface area (Å²) in [6.45, 7) is 2.01. The molecule has 2 N–H and O–H groups in total. The third kappa shape index (κ3) is 2.84. The molecule has 1 rings (SSSR count). The van der Waals surface area contributed by atoms with Crippen LogP contribution in [0.3, 0.4) is 0 Å². The zero-order valence-electron chi connectivity index (χ0n) is 7.88. The van der Waals surface area contributed by atoms with Crippen molar-refractivity contribution in [3.63, 3.8) is 0 Å². The molecule has 0 saturated heterocycles. The predicted molar refractivity (Wildman–Crippen MR) is 63.1 cm³/mol. The molecule has 0 spiro atoms. The average molecular weight is 291 g/mol. The summed E-state index contributed by atoms with van der Waals surface area (Å²) in [4.78, 5) is 0. The Morgan fingerprint density at radius 2 is 2.23 bits per heavy atom. The van der Waals surface area contributed by atoms with Crippen molar-refractivity contribution >= 4 is 22.6 Å². The molecule has 1 atom stereocenters. The van der Waals surface area contributed by atoms with Crippen LogP contribution in [-0.4, -0.2) is 13.2 Å². The molecule has 0 radical (unpaired) electrons. The van der Waals surface area contributed by atoms with Crippen LogP contribution in [0.2, 0.25) is 0 Å². The van der Waals surface area contributed by atoms with Gasteiger partial charge >= 0.3 is 0 Å². The highest BCUT2D eigenvalue weighted by Crippen LogP contribution is 2.24. The van der Waals surface area contributed by atoms with Gasteiger partial charge in [0.2, 0.25) is 0 Å². The van der Waals surface area contributed by atoms with Crippen molar-refractivity contribution < 1.29 is 4.74 Å². The Kier molecular flexibility index (Phi) is 3.99. The highest BCUT2D eigenvalue weighted by atomic mass is 127. The van der Waals surface area contributed by atoms with Crippen LogP contribution in [-0.2, 0) is 6.42 Å². The molecule has 0 fully saturated rings. The molecule has 1 aromatic carbocycles. The number of ether oxygens (including phenoxy) is 1. The molecule has 0 unspecified atom stereocenters. The summed E-state index contributed by atoms with van der Waals surface area (Å²) in [7, 11) is 1.69. The van der Waals surface area contributed by atoms with E-state index in [9.17, 15) is 0 Å². The Morgan fingerprint density at radius 1 is 1.54 bits per heavy atom. The summed E-state index contributed by atoms with van der Waals surface area (Å²) in [5.41, 5.74) is 7.00. The molecule has 0 heterocycles. The number of rotatable bonds is 3. The third-order valence-electron chi connectivity index (χ3n) is 1.81. The first kappa shape index (κ1) is 10.8. The Balaban J connectivity index is 2.94. The first-order chi connectivity index (χ1) is 6.15. The molecule has 72 valence electrons. The lowest BCUT2D eigenvalue weighted by Gasteiger charge is -2.10. The minimum atomic E-state index is 0.195. The average Bonchev–Trinajstić information content (AvgIpc) is 2.08. The van der Waals surface area contributed by atoms with Crippen molar-refractivity contribution in [2.75, 3.05) is 7.11 Å². The lowest BCUT2D eigenvalue weighted by molar-refractivity contribution is 0.411. The van der Waals surface area contributed by atoms with Gasteiger partial charge in [0.15, 0.2) is 0 Å². The molecular weight excluding hydrogens is 277 g/mol. The Morgan fingerprint density at radius 3 is 2.77 bits per heavy atom. The molecule has 0 saturated carbocycles. The molecule has 3 heteroatoms. The second kappa shape index (κ2) is 4.81. The van der Waals surface area contributed by atoms with E-state index in [1.54, 1.807) is 7.11 Å². The van der Waals surface area contributed by atoms with E-state index in [0.717, 1.165) is 12.2 Å². The molecule has 0 bridgehead atoms. The SMILES string of the molecule is COc1cccc(C[C@H](C)N)c1I. The van der Waals surface area contributed by atoms with Gasteiger partial charge in [-0.2, -0.15) is 0 Å². The van der Waals surface area contributed by atoms with Crippen LogP contribution in [0, 0.1) is 3.57 Å². The molecule has 0 aliphatic heterocycles. The van der Waals surface area contributed by atoms with Crippen molar-refractivity contribution in [3.05, 3.63) is 27.3 Å². The predicted octanol–water partition coefficient (Wildman–Crippen LogP) is 2.19. The maximum absolute atomic E-state index is 5.74. The normalized spacial score (nSPS) is 12.6. The molecular formula is C10H14INO. The van der Waals surface area contributed by atoms with E-state index in [1.165, 1.54) is 9.13 Å². The fourth-order valence-electron chi connectivity index (χ4n) is 1.22. The molecule has 0 amide bonds. The van der Waals surface area contributed by atoms with Crippen LogP contribution in [0.15, 0.2) is 18.2 Å². The standard InChI is InChI=1S/C10H14INO/c1-7(12)6-8-4-3-5-9(13-2)10(8)11/h3-5,7H,6,12H2,1-2H3/t7-/m0/s1. The first-order valence-electron chi connectivity index (χ1n) is 4.22. The number of nitrogens with two attached hydrogens (primary N) is 1. The van der Waals surface area contributed by atoms with E-state index in [2.05, 4.69) is 28.7 Å². The van der Waals surface area contributed by atoms with Gasteiger partial charge in [-0.05, 0) is 47.6 Å². The van der Waals surface area contributed by atoms with Gasteiger partial charge in [-0.15, -0.1) is 0 Å². The molecule has 2 nitrogen and oxygen atoms in total. The van der Waals surface area contributed by atoms with Crippen LogP contribution >= 0.6 is 22.6 Å². The molecule has 13 heavy (non-hydrogen) atoms. The lowest BCUT2D eigenvalue weighted by Crippen LogP contribution is -2.18. The number of halogens is 1. The molecule has 0 aliphatic carbocycles. The zero-order chi connectivity index (χ0) is 9.84. The maximum atomic E-state index is 5.74. The summed E-state index contributed by atoms with van der Waals surface area (Å²) in [5.74, 6) is 0.929. The first-order valence-corrected chi connectivity index (χ1v) is 5.30. The van der Waals surface area contributed by atoms with E-state index in [1.807, 2.05) is 19.1 Å². The van der Waals surface area contributed by atoms with Crippen molar-refractivity contribution in [2.45, 2.75) is 19.4 Å². The van der Waals surface area contributed by atoms with Gasteiger partial charge in [-0.1, -0.05) is 12.1 Å². The number of hydrogen-bond acceptors (Lipinski definition) is 2. The van der Waals surface area contributed by atoms with Crippen molar-refractivity contribution in [2.24, 2.45) is 5.73 Å². The Labute approximate surface area is 92.6 Å². The minimum absolute atomic E-state index is 0.195. The second-order valence-corrected chi connectivity index (χ2v) is 4.19. The summed E-state index contributed by atoms with van der Waals surface area (Å²) < 4.78 is 6.39. The van der Waals surface area contributed by atoms with Crippen LogP contribution < -0.4 is 10.5 Å². The Hall–Kier alpha value is -0.290. The van der Waals surface area contributed by atoms with Crippen molar-refractivity contribution in [1.82, 2.24) is 0 Å². The highest BCUT2D eigenvalue weighted by Gasteiger charge is 2.06. The van der Waals surface area contributed by atoms with E-state index in [-0.39, 0.29) is 6.04 Å². The summed E-state index contributed by atoms with van der Waals surface area (Å²) >= 11 is 2.29. The second-order valence-electron chi connectivity index (χ2n) is 3.11. The molecule has 0 aromatic heterocycles. The monoisotopic (exact) mass is 291 g/mol. The van der Waals surface area contributed by atoms with Crippen LogP contribution in [0.4, 0.5) is 0 Å². The summed E-state index contributed by atoms with van der Waals surface area (Å²) in [6, 6.07) is 6.25. The lowest BCUT2D eigenvalue weighted by atomic mass is 10.1. The van der Waals surface area contributed by atoms with Gasteiger partial charge in [0.05, 0.1) is 10.7 Å². The molecule has 0 aliphatic rings. The fraction of sp³-hybridized carbons (Fsp3) is 0.400.